The minimum atomic E-state index is -0.605. The molecule has 194 valence electrons. The number of benzene rings is 2. The van der Waals surface area contributed by atoms with E-state index in [1.807, 2.05) is 48.5 Å². The van der Waals surface area contributed by atoms with Gasteiger partial charge < -0.3 is 19.7 Å². The van der Waals surface area contributed by atoms with E-state index in [9.17, 15) is 4.79 Å². The maximum absolute atomic E-state index is 11.0. The molecule has 0 amide bonds. The van der Waals surface area contributed by atoms with E-state index in [-0.39, 0.29) is 0 Å². The highest BCUT2D eigenvalue weighted by molar-refractivity contribution is 6.20. The lowest BCUT2D eigenvalue weighted by atomic mass is 10.1. The molecular formula is C28H38N4O4. The van der Waals surface area contributed by atoms with Gasteiger partial charge in [-0.2, -0.15) is 15.0 Å². The van der Waals surface area contributed by atoms with E-state index < -0.39 is 5.97 Å². The van der Waals surface area contributed by atoms with Gasteiger partial charge >= 0.3 is 12.2 Å². The Hall–Kier alpha value is -3.51. The Kier molecular flexibility index (Phi) is 15.0. The molecular weight excluding hydrogens is 456 g/mol. The molecule has 8 heteroatoms. The molecule has 2 aromatic carbocycles. The Morgan fingerprint density at radius 1 is 0.722 bits per heavy atom. The summed E-state index contributed by atoms with van der Waals surface area (Å²) >= 11 is 0. The Morgan fingerprint density at radius 3 is 1.64 bits per heavy atom. The highest BCUT2D eigenvalue weighted by Gasteiger charge is 2.02. The molecule has 0 aliphatic carbocycles. The van der Waals surface area contributed by atoms with Gasteiger partial charge in [-0.15, -0.1) is 0 Å². The van der Waals surface area contributed by atoms with Gasteiger partial charge in [0.25, 0.3) is 0 Å². The van der Waals surface area contributed by atoms with E-state index >= 15 is 0 Å². The van der Waals surface area contributed by atoms with Crippen molar-refractivity contribution >= 4 is 23.6 Å². The van der Waals surface area contributed by atoms with Crippen LogP contribution in [0.5, 0.6) is 11.5 Å². The second-order valence-electron chi connectivity index (χ2n) is 8.48. The lowest BCUT2D eigenvalue weighted by Gasteiger charge is -2.06. The van der Waals surface area contributed by atoms with Crippen LogP contribution in [0.3, 0.4) is 0 Å². The molecule has 0 unspecified atom stereocenters. The van der Waals surface area contributed by atoms with E-state index in [4.69, 9.17) is 19.7 Å². The van der Waals surface area contributed by atoms with Crippen LogP contribution in [0.15, 0.2) is 58.8 Å². The molecule has 0 aromatic heterocycles. The number of hydrogen-bond acceptors (Lipinski definition) is 6. The van der Waals surface area contributed by atoms with Crippen LogP contribution in [0.4, 0.5) is 11.4 Å². The molecule has 2 aromatic rings. The van der Waals surface area contributed by atoms with Crippen LogP contribution in [-0.2, 0) is 9.53 Å². The number of rotatable bonds is 19. The van der Waals surface area contributed by atoms with Gasteiger partial charge in [-0.1, -0.05) is 51.9 Å². The average Bonchev–Trinajstić information content (AvgIpc) is 2.90. The van der Waals surface area contributed by atoms with Crippen molar-refractivity contribution in [3.05, 3.63) is 54.1 Å². The van der Waals surface area contributed by atoms with Gasteiger partial charge in [0.1, 0.15) is 11.5 Å². The molecule has 0 aliphatic heterocycles. The molecule has 0 spiro atoms. The first-order valence-electron chi connectivity index (χ1n) is 12.9. The minimum absolute atomic E-state index is 0.370. The molecule has 0 bridgehead atoms. The first-order valence-corrected chi connectivity index (χ1v) is 12.9. The van der Waals surface area contributed by atoms with E-state index in [0.717, 1.165) is 80.6 Å². The number of azo groups is 1. The fraction of sp³-hybridized carbons (Fsp3) is 0.500. The van der Waals surface area contributed by atoms with Gasteiger partial charge in [0.2, 0.25) is 0 Å². The van der Waals surface area contributed by atoms with Crippen molar-refractivity contribution in [1.82, 2.24) is 0 Å². The van der Waals surface area contributed by atoms with Gasteiger partial charge in [0.05, 0.1) is 31.2 Å². The quantitative estimate of drug-likeness (QED) is 0.0658. The third-order valence-corrected chi connectivity index (χ3v) is 5.44. The lowest BCUT2D eigenvalue weighted by Crippen LogP contribution is -2.07. The number of carbonyl (C=O) groups is 1. The van der Waals surface area contributed by atoms with Crippen molar-refractivity contribution in [3.8, 4) is 11.5 Å². The Bertz CT molecular complexity index is 939. The highest BCUT2D eigenvalue weighted by Crippen LogP contribution is 2.23. The fourth-order valence-corrected chi connectivity index (χ4v) is 3.38. The third kappa shape index (κ3) is 13.4. The summed E-state index contributed by atoms with van der Waals surface area (Å²) in [4.78, 5) is 13.6. The Balaban J connectivity index is 1.50. The molecule has 0 atom stereocenters. The monoisotopic (exact) mass is 494 g/mol. The summed E-state index contributed by atoms with van der Waals surface area (Å²) < 4.78 is 16.4. The van der Waals surface area contributed by atoms with Crippen molar-refractivity contribution in [1.29, 1.82) is 0 Å². The van der Waals surface area contributed by atoms with Crippen LogP contribution in [0.1, 0.15) is 71.1 Å². The first kappa shape index (κ1) is 28.7. The van der Waals surface area contributed by atoms with Crippen molar-refractivity contribution in [2.24, 2.45) is 10.2 Å². The molecule has 0 aliphatic rings. The van der Waals surface area contributed by atoms with Crippen LogP contribution in [-0.4, -0.2) is 36.8 Å². The number of esters is 1. The molecule has 0 saturated heterocycles. The van der Waals surface area contributed by atoms with Crippen LogP contribution >= 0.6 is 0 Å². The number of ether oxygens (including phenoxy) is 3. The van der Waals surface area contributed by atoms with Gasteiger partial charge in [0, 0.05) is 0 Å². The van der Waals surface area contributed by atoms with Gasteiger partial charge in [-0.3, -0.25) is 0 Å². The third-order valence-electron chi connectivity index (χ3n) is 5.44. The molecule has 2 rings (SSSR count). The van der Waals surface area contributed by atoms with Crippen LogP contribution in [0, 0.1) is 0 Å². The minimum Gasteiger partial charge on any atom is -0.494 e. The van der Waals surface area contributed by atoms with Gasteiger partial charge in [0.15, 0.2) is 0 Å². The fourth-order valence-electron chi connectivity index (χ4n) is 3.38. The number of unbranched alkanes of at least 4 members (excludes halogenated alkanes) is 8. The zero-order valence-corrected chi connectivity index (χ0v) is 21.3. The summed E-state index contributed by atoms with van der Waals surface area (Å²) in [6.45, 7) is 3.95. The van der Waals surface area contributed by atoms with Gasteiger partial charge in [-0.05, 0) is 67.8 Å². The van der Waals surface area contributed by atoms with Crippen molar-refractivity contribution < 1.29 is 23.8 Å². The molecule has 0 saturated carbocycles. The van der Waals surface area contributed by atoms with Crippen LogP contribution < -0.4 is 9.47 Å². The largest absolute Gasteiger partial charge is 0.494 e. The van der Waals surface area contributed by atoms with E-state index in [2.05, 4.69) is 21.9 Å². The number of carbonyl (C=O) groups excluding carboxylic acids is 1. The second kappa shape index (κ2) is 18.8. The predicted octanol–water partition coefficient (Wildman–Crippen LogP) is 7.62. The maximum atomic E-state index is 11.0. The Labute approximate surface area is 214 Å². The Morgan fingerprint density at radius 2 is 1.17 bits per heavy atom. The second-order valence-corrected chi connectivity index (χ2v) is 8.48. The topological polar surface area (TPSA) is 106 Å². The van der Waals surface area contributed by atoms with Gasteiger partial charge in [-0.25, -0.2) is 4.79 Å². The SMILES string of the molecule is CCCCOc1ccc(/N=N/c2ccc(OCCCCCCCCCCOC(=O)C=[N+]=[N-])cc2)cc1. The summed E-state index contributed by atoms with van der Waals surface area (Å²) in [7, 11) is 0. The first-order chi connectivity index (χ1) is 17.7. The zero-order chi connectivity index (χ0) is 25.7. The van der Waals surface area contributed by atoms with Crippen molar-refractivity contribution in [2.75, 3.05) is 19.8 Å². The smallest absolute Gasteiger partial charge is 0.413 e. The lowest BCUT2D eigenvalue weighted by molar-refractivity contribution is -0.139. The molecule has 8 nitrogen and oxygen atoms in total. The van der Waals surface area contributed by atoms with Crippen LogP contribution in [0.2, 0.25) is 0 Å². The van der Waals surface area contributed by atoms with Crippen molar-refractivity contribution in [2.45, 2.75) is 71.1 Å². The molecule has 0 fully saturated rings. The molecule has 0 radical (unpaired) electrons. The highest BCUT2D eigenvalue weighted by atomic mass is 16.5. The maximum Gasteiger partial charge on any atom is 0.413 e. The van der Waals surface area contributed by atoms with E-state index in [1.165, 1.54) is 19.3 Å². The summed E-state index contributed by atoms with van der Waals surface area (Å²) in [5.41, 5.74) is 9.78. The summed E-state index contributed by atoms with van der Waals surface area (Å²) in [5.74, 6) is 1.09. The van der Waals surface area contributed by atoms with Crippen molar-refractivity contribution in [3.63, 3.8) is 0 Å². The molecule has 0 N–H and O–H groups in total. The molecule has 0 heterocycles. The summed E-state index contributed by atoms with van der Waals surface area (Å²) in [6.07, 6.45) is 11.7. The standard InChI is InChI=1S/C28H38N4O4/c1-2-3-20-34-26-16-12-24(13-17-26)31-32-25-14-18-27(19-15-25)35-21-10-8-6-4-5-7-9-11-22-36-28(33)23-30-29/h12-19,23H,2-11,20-22H2,1H3/b32-31+. The predicted molar refractivity (Wildman–Crippen MR) is 141 cm³/mol. The molecule has 36 heavy (non-hydrogen) atoms. The van der Waals surface area contributed by atoms with E-state index in [1.54, 1.807) is 0 Å². The average molecular weight is 495 g/mol. The van der Waals surface area contributed by atoms with E-state index in [0.29, 0.717) is 13.2 Å². The number of nitrogens with zero attached hydrogens (tertiary/aromatic N) is 4. The number of hydrogen-bond donors (Lipinski definition) is 0. The van der Waals surface area contributed by atoms with Crippen LogP contribution in [0.25, 0.3) is 5.53 Å². The normalized spacial score (nSPS) is 10.7. The summed E-state index contributed by atoms with van der Waals surface area (Å²) in [6, 6.07) is 15.3. The zero-order valence-electron chi connectivity index (χ0n) is 21.3. The summed E-state index contributed by atoms with van der Waals surface area (Å²) in [5, 5.41) is 8.58.